The minimum Gasteiger partial charge on any atom is -0.394 e. The van der Waals surface area contributed by atoms with Gasteiger partial charge in [0.1, 0.15) is 42.3 Å². The van der Waals surface area contributed by atoms with Crippen LogP contribution in [0.2, 0.25) is 0 Å². The van der Waals surface area contributed by atoms with Crippen molar-refractivity contribution < 1.29 is 58.5 Å². The summed E-state index contributed by atoms with van der Waals surface area (Å²) in [7, 11) is 1.96. The summed E-state index contributed by atoms with van der Waals surface area (Å²) in [5, 5.41) is 56.3. The highest BCUT2D eigenvalue weighted by molar-refractivity contribution is 8.76. The molecule has 81 heavy (non-hydrogen) atoms. The van der Waals surface area contributed by atoms with Gasteiger partial charge in [0, 0.05) is 67.3 Å². The zero-order valence-corrected chi connectivity index (χ0v) is 47.4. The summed E-state index contributed by atoms with van der Waals surface area (Å²) >= 11 is 0. The first-order chi connectivity index (χ1) is 38.9. The molecule has 0 spiro atoms. The smallest absolute Gasteiger partial charge is 0.245 e. The summed E-state index contributed by atoms with van der Waals surface area (Å²) in [5.41, 5.74) is 8.46. The zero-order valence-electron chi connectivity index (χ0n) is 45.7. The van der Waals surface area contributed by atoms with Gasteiger partial charge in [-0.2, -0.15) is 0 Å². The van der Waals surface area contributed by atoms with E-state index in [0.717, 1.165) is 32.5 Å². The van der Waals surface area contributed by atoms with Crippen LogP contribution in [-0.4, -0.2) is 165 Å². The van der Waals surface area contributed by atoms with E-state index in [-0.39, 0.29) is 68.9 Å². The van der Waals surface area contributed by atoms with Gasteiger partial charge in [0.2, 0.25) is 53.2 Å². The molecule has 0 aliphatic carbocycles. The molecule has 15 N–H and O–H groups in total. The van der Waals surface area contributed by atoms with E-state index in [9.17, 15) is 58.5 Å². The fourth-order valence-electron chi connectivity index (χ4n) is 8.78. The largest absolute Gasteiger partial charge is 0.394 e. The third-order valence-electron chi connectivity index (χ3n) is 13.3. The molecule has 10 atom stereocenters. The lowest BCUT2D eigenvalue weighted by Crippen LogP contribution is -2.62. The van der Waals surface area contributed by atoms with Crippen LogP contribution < -0.4 is 53.6 Å². The molecule has 0 saturated carbocycles. The van der Waals surface area contributed by atoms with E-state index < -0.39 is 114 Å². The van der Waals surface area contributed by atoms with Gasteiger partial charge in [-0.3, -0.25) is 43.2 Å². The fraction of sp³-hybridized carbons (Fsp3) is 0.482. The average molecular weight is 1160 g/mol. The Morgan fingerprint density at radius 3 is 1.94 bits per heavy atom. The van der Waals surface area contributed by atoms with Crippen molar-refractivity contribution in [2.75, 3.05) is 31.2 Å². The van der Waals surface area contributed by atoms with Crippen molar-refractivity contribution in [3.05, 3.63) is 108 Å². The maximum atomic E-state index is 14.9. The van der Waals surface area contributed by atoms with Gasteiger partial charge in [0.25, 0.3) is 0 Å². The number of carbonyl (C=O) groups excluding carboxylic acids is 9. The Hall–Kier alpha value is -7.03. The van der Waals surface area contributed by atoms with Crippen molar-refractivity contribution in [3.63, 3.8) is 0 Å². The molecule has 1 fully saturated rings. The zero-order chi connectivity index (χ0) is 58.8. The van der Waals surface area contributed by atoms with E-state index in [0.29, 0.717) is 36.1 Å². The van der Waals surface area contributed by atoms with Crippen LogP contribution in [0.5, 0.6) is 0 Å². The summed E-state index contributed by atoms with van der Waals surface area (Å²) < 4.78 is 0. The summed E-state index contributed by atoms with van der Waals surface area (Å²) in [5.74, 6) is -7.30. The molecule has 4 aromatic rings. The molecule has 0 bridgehead atoms. The second-order valence-corrected chi connectivity index (χ2v) is 22.3. The molecule has 440 valence electrons. The average Bonchev–Trinajstić information content (AvgIpc) is 3.97. The van der Waals surface area contributed by atoms with Crippen molar-refractivity contribution in [3.8, 4) is 0 Å². The Bertz CT molecular complexity index is 2720. The van der Waals surface area contributed by atoms with Crippen LogP contribution in [0.1, 0.15) is 76.0 Å². The van der Waals surface area contributed by atoms with E-state index in [4.69, 9.17) is 5.73 Å². The topological polar surface area (TPSA) is 364 Å². The molecule has 1 saturated heterocycles. The summed E-state index contributed by atoms with van der Waals surface area (Å²) in [6.07, 6.45) is -0.413. The number of rotatable bonds is 23. The van der Waals surface area contributed by atoms with Crippen molar-refractivity contribution >= 4 is 85.7 Å². The number of fused-ring (bicyclic) bond motifs is 1. The quantitative estimate of drug-likeness (QED) is 0.0334. The number of H-pyrrole nitrogens is 1. The van der Waals surface area contributed by atoms with Crippen LogP contribution in [0.3, 0.4) is 0 Å². The van der Waals surface area contributed by atoms with E-state index in [1.165, 1.54) is 13.8 Å². The fourth-order valence-corrected chi connectivity index (χ4v) is 11.1. The van der Waals surface area contributed by atoms with Gasteiger partial charge in [0.05, 0.1) is 24.9 Å². The van der Waals surface area contributed by atoms with Crippen LogP contribution >= 0.6 is 21.6 Å². The lowest BCUT2D eigenvalue weighted by atomic mass is 10.0. The van der Waals surface area contributed by atoms with Crippen molar-refractivity contribution in [2.24, 2.45) is 5.73 Å². The normalized spacial score (nSPS) is 21.3. The van der Waals surface area contributed by atoms with E-state index in [2.05, 4.69) is 52.8 Å². The van der Waals surface area contributed by atoms with E-state index in [1.807, 2.05) is 18.2 Å². The predicted molar refractivity (Wildman–Crippen MR) is 309 cm³/mol. The molecule has 3 aromatic carbocycles. The van der Waals surface area contributed by atoms with Gasteiger partial charge in [-0.1, -0.05) is 100 Å². The first-order valence-corrected chi connectivity index (χ1v) is 29.6. The molecule has 0 radical (unpaired) electrons. The summed E-state index contributed by atoms with van der Waals surface area (Å²) in [6.45, 7) is 4.33. The Balaban J connectivity index is 1.59. The molecule has 23 nitrogen and oxygen atoms in total. The van der Waals surface area contributed by atoms with Crippen molar-refractivity contribution in [1.82, 2.24) is 52.8 Å². The Morgan fingerprint density at radius 1 is 0.679 bits per heavy atom. The second kappa shape index (κ2) is 33.7. The van der Waals surface area contributed by atoms with E-state index in [1.54, 1.807) is 79.9 Å². The molecule has 9 amide bonds. The predicted octanol–water partition coefficient (Wildman–Crippen LogP) is -0.342. The molecule has 1 aromatic heterocycles. The number of nitrogens with two attached hydrogens (primary N) is 1. The molecule has 1 unspecified atom stereocenters. The van der Waals surface area contributed by atoms with Crippen LogP contribution in [0.25, 0.3) is 10.9 Å². The number of aromatic amines is 1. The third-order valence-corrected chi connectivity index (χ3v) is 15.8. The minimum absolute atomic E-state index is 0.00488. The molecule has 5 rings (SSSR count). The number of hydrogen-bond donors (Lipinski definition) is 14. The van der Waals surface area contributed by atoms with Crippen LogP contribution in [-0.2, 0) is 62.4 Å². The number of carbonyl (C=O) groups is 9. The maximum Gasteiger partial charge on any atom is 0.245 e. The monoisotopic (exact) mass is 1160 g/mol. The Kier molecular flexibility index (Phi) is 26.9. The van der Waals surface area contributed by atoms with Gasteiger partial charge >= 0.3 is 0 Å². The highest BCUT2D eigenvalue weighted by Crippen LogP contribution is 2.25. The third kappa shape index (κ3) is 21.1. The molecule has 1 aliphatic heterocycles. The molecule has 1 aliphatic rings. The number of hydrogen-bond acceptors (Lipinski definition) is 15. The summed E-state index contributed by atoms with van der Waals surface area (Å²) in [6, 6.07) is 13.6. The van der Waals surface area contributed by atoms with Gasteiger partial charge < -0.3 is 73.9 Å². The van der Waals surface area contributed by atoms with Crippen LogP contribution in [0.15, 0.2) is 91.1 Å². The SMILES string of the molecule is CCNC(=O)CCCC(=O)N[C@H](Cc1ccccc1)C(=O)N[C@H]1CSSC[C@@H](C(=O)N[C@H](CO)[C@@H](C)O)NC(=O)[C@H]([C@@H](C)O)NC(=O)[C@H](CCCCN)NC(=O)C(Cc2c[nH]c3ccccc23)NC(=O)[C@H](Cc2ccccc2)NC1=O. The first kappa shape index (κ1) is 64.8. The Labute approximate surface area is 478 Å². The van der Waals surface area contributed by atoms with Gasteiger partial charge in [-0.15, -0.1) is 0 Å². The molecular weight excluding hydrogens is 1080 g/mol. The number of benzene rings is 3. The number of nitrogens with one attached hydrogen (secondary N) is 10. The second-order valence-electron chi connectivity index (χ2n) is 19.8. The van der Waals surface area contributed by atoms with Crippen molar-refractivity contribution in [1.29, 1.82) is 0 Å². The highest BCUT2D eigenvalue weighted by Gasteiger charge is 2.37. The standard InChI is InChI=1S/C56H77N11O12S2/c1-4-58-47(71)23-15-24-48(72)60-41(26-35-16-7-5-8-17-35)51(74)65-45-31-80-81-32-46(55(78)64-44(30-68)33(2)69)66-56(79)49(34(3)70)67-50(73)40(22-13-14-25-57)61-53(76)43(28-37-29-59-39-21-12-11-20-38(37)39)63-52(75)42(62-54(45)77)27-36-18-9-6-10-19-36/h5-12,16-21,29,33-34,40-46,49,59,68-70H,4,13-15,22-28,30-32,57H2,1-3H3,(H,58,71)(H,60,72)(H,61,76)(H,62,77)(H,63,75)(H,64,78)(H,65,74)(H,66,79)(H,67,73)/t33-,34-,40+,41-,42+,43?,44-,45+,46+,49+/m1/s1. The van der Waals surface area contributed by atoms with Crippen molar-refractivity contribution in [2.45, 2.75) is 139 Å². The van der Waals surface area contributed by atoms with Crippen LogP contribution in [0, 0.1) is 0 Å². The lowest BCUT2D eigenvalue weighted by molar-refractivity contribution is -0.136. The minimum atomic E-state index is -1.70. The first-order valence-electron chi connectivity index (χ1n) is 27.1. The molecular formula is C56H77N11O12S2. The van der Waals surface area contributed by atoms with Gasteiger partial charge in [0.15, 0.2) is 0 Å². The number of aromatic nitrogens is 1. The van der Waals surface area contributed by atoms with Gasteiger partial charge in [-0.05, 0) is 75.8 Å². The lowest BCUT2D eigenvalue weighted by Gasteiger charge is -2.29. The number of para-hydroxylation sites is 1. The Morgan fingerprint density at radius 2 is 1.28 bits per heavy atom. The molecule has 2 heterocycles. The van der Waals surface area contributed by atoms with Gasteiger partial charge in [-0.25, -0.2) is 0 Å². The number of aliphatic hydroxyl groups excluding tert-OH is 3. The number of aliphatic hydroxyl groups is 3. The number of amides is 9. The molecule has 25 heteroatoms. The number of unbranched alkanes of at least 4 members (excludes halogenated alkanes) is 1. The maximum absolute atomic E-state index is 14.9. The van der Waals surface area contributed by atoms with E-state index >= 15 is 0 Å². The van der Waals surface area contributed by atoms with Crippen LogP contribution in [0.4, 0.5) is 0 Å². The highest BCUT2D eigenvalue weighted by atomic mass is 33.1. The summed E-state index contributed by atoms with van der Waals surface area (Å²) in [4.78, 5) is 130.